The third kappa shape index (κ3) is 3.67. The Hall–Kier alpha value is -1.59. The number of carbonyl (C=O) groups is 1. The molecule has 2 fully saturated rings. The highest BCUT2D eigenvalue weighted by Gasteiger charge is 2.41. The van der Waals surface area contributed by atoms with Gasteiger partial charge in [-0.2, -0.15) is 0 Å². The molecule has 0 atom stereocenters. The highest BCUT2D eigenvalue weighted by molar-refractivity contribution is 5.81. The molecule has 2 aliphatic heterocycles. The fraction of sp³-hybridized carbons (Fsp3) is 0.611. The molecule has 1 N–H and O–H groups in total. The molecule has 5 nitrogen and oxygen atoms in total. The van der Waals surface area contributed by atoms with Crippen LogP contribution < -0.4 is 4.74 Å². The van der Waals surface area contributed by atoms with Crippen molar-refractivity contribution in [2.75, 3.05) is 33.0 Å². The molecule has 2 aliphatic rings. The Bertz CT molecular complexity index is 513. The van der Waals surface area contributed by atoms with Crippen molar-refractivity contribution in [2.24, 2.45) is 5.92 Å². The van der Waals surface area contributed by atoms with E-state index in [9.17, 15) is 9.90 Å². The molecule has 0 spiro atoms. The smallest absolute Gasteiger partial charge is 0.314 e. The molecule has 0 aromatic heterocycles. The molecule has 0 saturated carbocycles. The van der Waals surface area contributed by atoms with Crippen LogP contribution in [0.15, 0.2) is 24.3 Å². The molecule has 126 valence electrons. The Morgan fingerprint density at radius 3 is 2.30 bits per heavy atom. The van der Waals surface area contributed by atoms with Crippen LogP contribution in [-0.2, 0) is 19.7 Å². The molecule has 1 aromatic carbocycles. The van der Waals surface area contributed by atoms with Crippen LogP contribution in [0.1, 0.15) is 31.2 Å². The molecule has 1 aromatic rings. The van der Waals surface area contributed by atoms with Crippen molar-refractivity contribution in [3.63, 3.8) is 0 Å². The Labute approximate surface area is 136 Å². The van der Waals surface area contributed by atoms with E-state index < -0.39 is 11.4 Å². The molecule has 0 bridgehead atoms. The van der Waals surface area contributed by atoms with Crippen molar-refractivity contribution in [3.8, 4) is 5.75 Å². The standard InChI is InChI=1S/C18H24O5/c19-17(20)18(7-11-22-12-8-18)15-1-3-16(4-2-15)23-13-14-5-9-21-10-6-14/h1-4,14H,5-13H2,(H,19,20). The van der Waals surface area contributed by atoms with Gasteiger partial charge in [0.15, 0.2) is 0 Å². The Kier molecular flexibility index (Phi) is 5.18. The van der Waals surface area contributed by atoms with Crippen LogP contribution in [0.5, 0.6) is 5.75 Å². The lowest BCUT2D eigenvalue weighted by Crippen LogP contribution is -2.41. The van der Waals surface area contributed by atoms with E-state index in [-0.39, 0.29) is 0 Å². The van der Waals surface area contributed by atoms with Gasteiger partial charge in [-0.1, -0.05) is 12.1 Å². The van der Waals surface area contributed by atoms with Gasteiger partial charge in [-0.25, -0.2) is 0 Å². The van der Waals surface area contributed by atoms with Crippen molar-refractivity contribution in [1.82, 2.24) is 0 Å². The molecule has 2 saturated heterocycles. The van der Waals surface area contributed by atoms with Crippen molar-refractivity contribution >= 4 is 5.97 Å². The van der Waals surface area contributed by atoms with Gasteiger partial charge in [-0.3, -0.25) is 4.79 Å². The van der Waals surface area contributed by atoms with Crippen LogP contribution >= 0.6 is 0 Å². The third-order valence-corrected chi connectivity index (χ3v) is 4.99. The van der Waals surface area contributed by atoms with Crippen molar-refractivity contribution < 1.29 is 24.1 Å². The summed E-state index contributed by atoms with van der Waals surface area (Å²) in [6, 6.07) is 7.54. The van der Waals surface area contributed by atoms with Gasteiger partial charge in [0.2, 0.25) is 0 Å². The minimum absolute atomic E-state index is 0.494. The van der Waals surface area contributed by atoms with E-state index in [2.05, 4.69) is 0 Å². The highest BCUT2D eigenvalue weighted by atomic mass is 16.5. The van der Waals surface area contributed by atoms with Crippen LogP contribution in [0, 0.1) is 5.92 Å². The lowest BCUT2D eigenvalue weighted by atomic mass is 9.74. The van der Waals surface area contributed by atoms with Crippen LogP contribution in [-0.4, -0.2) is 44.1 Å². The number of carboxylic acids is 1. The van der Waals surface area contributed by atoms with Gasteiger partial charge in [0.1, 0.15) is 5.75 Å². The largest absolute Gasteiger partial charge is 0.493 e. The molecule has 5 heteroatoms. The van der Waals surface area contributed by atoms with Gasteiger partial charge in [0.05, 0.1) is 12.0 Å². The van der Waals surface area contributed by atoms with Crippen LogP contribution in [0.2, 0.25) is 0 Å². The van der Waals surface area contributed by atoms with Crippen molar-refractivity contribution in [2.45, 2.75) is 31.1 Å². The molecule has 23 heavy (non-hydrogen) atoms. The number of ether oxygens (including phenoxy) is 3. The maximum Gasteiger partial charge on any atom is 0.314 e. The molecule has 0 unspecified atom stereocenters. The van der Waals surface area contributed by atoms with Crippen LogP contribution in [0.4, 0.5) is 0 Å². The molecule has 0 radical (unpaired) electrons. The highest BCUT2D eigenvalue weighted by Crippen LogP contribution is 2.36. The van der Waals surface area contributed by atoms with E-state index in [0.29, 0.717) is 38.6 Å². The molecular formula is C18H24O5. The van der Waals surface area contributed by atoms with Gasteiger partial charge >= 0.3 is 5.97 Å². The molecular weight excluding hydrogens is 296 g/mol. The van der Waals surface area contributed by atoms with E-state index in [1.807, 2.05) is 24.3 Å². The second kappa shape index (κ2) is 7.32. The van der Waals surface area contributed by atoms with Crippen LogP contribution in [0.3, 0.4) is 0 Å². The molecule has 0 amide bonds. The van der Waals surface area contributed by atoms with Crippen molar-refractivity contribution in [1.29, 1.82) is 0 Å². The Morgan fingerprint density at radius 1 is 1.09 bits per heavy atom. The zero-order valence-corrected chi connectivity index (χ0v) is 13.3. The van der Waals surface area contributed by atoms with E-state index in [1.165, 1.54) is 0 Å². The first kappa shape index (κ1) is 16.3. The minimum Gasteiger partial charge on any atom is -0.493 e. The third-order valence-electron chi connectivity index (χ3n) is 4.99. The maximum absolute atomic E-state index is 11.8. The second-order valence-electron chi connectivity index (χ2n) is 6.39. The summed E-state index contributed by atoms with van der Waals surface area (Å²) in [5.41, 5.74) is 0.0176. The second-order valence-corrected chi connectivity index (χ2v) is 6.39. The predicted octanol–water partition coefficient (Wildman–Crippen LogP) is 2.62. The summed E-state index contributed by atoms with van der Waals surface area (Å²) in [6.45, 7) is 3.32. The summed E-state index contributed by atoms with van der Waals surface area (Å²) in [4.78, 5) is 11.8. The van der Waals surface area contributed by atoms with Crippen molar-refractivity contribution in [3.05, 3.63) is 29.8 Å². The number of benzene rings is 1. The quantitative estimate of drug-likeness (QED) is 0.903. The lowest BCUT2D eigenvalue weighted by molar-refractivity contribution is -0.147. The SMILES string of the molecule is O=C(O)C1(c2ccc(OCC3CCOCC3)cc2)CCOCC1. The maximum atomic E-state index is 11.8. The average molecular weight is 320 g/mol. The summed E-state index contributed by atoms with van der Waals surface area (Å²) in [5.74, 6) is 0.578. The number of rotatable bonds is 5. The van der Waals surface area contributed by atoms with E-state index in [0.717, 1.165) is 37.4 Å². The van der Waals surface area contributed by atoms with Gasteiger partial charge in [-0.05, 0) is 49.3 Å². The minimum atomic E-state index is -0.822. The average Bonchev–Trinajstić information content (AvgIpc) is 2.62. The Morgan fingerprint density at radius 2 is 1.70 bits per heavy atom. The topological polar surface area (TPSA) is 65.0 Å². The number of hydrogen-bond donors (Lipinski definition) is 1. The fourth-order valence-corrected chi connectivity index (χ4v) is 3.34. The fourth-order valence-electron chi connectivity index (χ4n) is 3.34. The first-order chi connectivity index (χ1) is 11.2. The lowest BCUT2D eigenvalue weighted by Gasteiger charge is -2.33. The van der Waals surface area contributed by atoms with Crippen LogP contribution in [0.25, 0.3) is 0 Å². The summed E-state index contributed by atoms with van der Waals surface area (Å²) in [5, 5.41) is 9.69. The number of carboxylic acid groups (broad SMARTS) is 1. The summed E-state index contributed by atoms with van der Waals surface area (Å²) < 4.78 is 16.5. The van der Waals surface area contributed by atoms with E-state index >= 15 is 0 Å². The zero-order chi connectivity index (χ0) is 16.1. The number of hydrogen-bond acceptors (Lipinski definition) is 4. The van der Waals surface area contributed by atoms with Gasteiger partial charge in [0, 0.05) is 26.4 Å². The summed E-state index contributed by atoms with van der Waals surface area (Å²) in [6.07, 6.45) is 3.12. The normalized spacial score (nSPS) is 21.7. The first-order valence-electron chi connectivity index (χ1n) is 8.33. The summed E-state index contributed by atoms with van der Waals surface area (Å²) >= 11 is 0. The monoisotopic (exact) mass is 320 g/mol. The summed E-state index contributed by atoms with van der Waals surface area (Å²) in [7, 11) is 0. The van der Waals surface area contributed by atoms with Gasteiger partial charge < -0.3 is 19.3 Å². The molecule has 0 aliphatic carbocycles. The van der Waals surface area contributed by atoms with Gasteiger partial charge in [-0.15, -0.1) is 0 Å². The van der Waals surface area contributed by atoms with Gasteiger partial charge in [0.25, 0.3) is 0 Å². The predicted molar refractivity (Wildman–Crippen MR) is 84.8 cm³/mol. The zero-order valence-electron chi connectivity index (χ0n) is 13.3. The number of aliphatic carboxylic acids is 1. The molecule has 3 rings (SSSR count). The Balaban J connectivity index is 1.64. The molecule has 2 heterocycles. The van der Waals surface area contributed by atoms with E-state index in [4.69, 9.17) is 14.2 Å². The van der Waals surface area contributed by atoms with E-state index in [1.54, 1.807) is 0 Å². The first-order valence-corrected chi connectivity index (χ1v) is 8.33.